The number of aromatic nitrogens is 1. The van der Waals surface area contributed by atoms with Crippen LogP contribution < -0.4 is 11.1 Å². The molecule has 4 N–H and O–H groups in total. The van der Waals surface area contributed by atoms with E-state index in [-0.39, 0.29) is 5.69 Å². The maximum atomic E-state index is 11.6. The van der Waals surface area contributed by atoms with Crippen molar-refractivity contribution < 1.29 is 14.7 Å². The lowest BCUT2D eigenvalue weighted by Crippen LogP contribution is -2.47. The van der Waals surface area contributed by atoms with Crippen molar-refractivity contribution in [2.45, 2.75) is 13.0 Å². The Balaban J connectivity index is 2.75. The first-order valence-electron chi connectivity index (χ1n) is 4.69. The fraction of sp³-hybridized carbons (Fsp3) is 0.300. The van der Waals surface area contributed by atoms with Gasteiger partial charge in [0, 0.05) is 5.69 Å². The lowest BCUT2D eigenvalue weighted by molar-refractivity contribution is -0.120. The lowest BCUT2D eigenvalue weighted by atomic mass is 10.2. The fourth-order valence-corrected chi connectivity index (χ4v) is 1.11. The van der Waals surface area contributed by atoms with E-state index in [4.69, 9.17) is 10.8 Å². The van der Waals surface area contributed by atoms with Crippen molar-refractivity contribution in [3.8, 4) is 0 Å². The number of aliphatic hydroxyl groups excluding tert-OH is 1. The van der Waals surface area contributed by atoms with Crippen molar-refractivity contribution in [1.29, 1.82) is 0 Å². The number of nitrogens with two attached hydrogens (primary N) is 1. The van der Waals surface area contributed by atoms with Gasteiger partial charge in [0.05, 0.1) is 6.61 Å². The second-order valence-corrected chi connectivity index (χ2v) is 3.28. The molecular formula is C10H13N3O3. The van der Waals surface area contributed by atoms with Crippen LogP contribution in [0.5, 0.6) is 0 Å². The van der Waals surface area contributed by atoms with Crippen molar-refractivity contribution in [1.82, 2.24) is 10.3 Å². The van der Waals surface area contributed by atoms with Gasteiger partial charge in [0.25, 0.3) is 5.91 Å². The summed E-state index contributed by atoms with van der Waals surface area (Å²) < 4.78 is 0. The Morgan fingerprint density at radius 1 is 1.56 bits per heavy atom. The van der Waals surface area contributed by atoms with Crippen LogP contribution in [0.25, 0.3) is 0 Å². The van der Waals surface area contributed by atoms with Gasteiger partial charge in [0.2, 0.25) is 5.91 Å². The molecule has 0 saturated heterocycles. The number of amides is 2. The highest BCUT2D eigenvalue weighted by molar-refractivity contribution is 5.95. The maximum Gasteiger partial charge on any atom is 0.270 e. The van der Waals surface area contributed by atoms with E-state index in [0.29, 0.717) is 5.69 Å². The van der Waals surface area contributed by atoms with Gasteiger partial charge in [-0.1, -0.05) is 6.07 Å². The molecular weight excluding hydrogens is 210 g/mol. The summed E-state index contributed by atoms with van der Waals surface area (Å²) in [6, 6.07) is 3.84. The summed E-state index contributed by atoms with van der Waals surface area (Å²) in [6.45, 7) is 1.21. The highest BCUT2D eigenvalue weighted by Crippen LogP contribution is 1.98. The highest BCUT2D eigenvalue weighted by atomic mass is 16.3. The van der Waals surface area contributed by atoms with Gasteiger partial charge in [-0.15, -0.1) is 0 Å². The first-order valence-corrected chi connectivity index (χ1v) is 4.69. The molecule has 0 radical (unpaired) electrons. The molecule has 0 spiro atoms. The standard InChI is InChI=1S/C10H13N3O3/c1-6-3-2-4-7(12-6)10(16)13-8(5-14)9(11)15/h2-4,8,14H,5H2,1H3,(H2,11,15)(H,13,16)/t8-/m1/s1. The third-order valence-electron chi connectivity index (χ3n) is 1.95. The zero-order chi connectivity index (χ0) is 12.1. The first kappa shape index (κ1) is 12.1. The van der Waals surface area contributed by atoms with E-state index in [2.05, 4.69) is 10.3 Å². The zero-order valence-electron chi connectivity index (χ0n) is 8.80. The molecule has 1 aromatic heterocycles. The predicted octanol–water partition coefficient (Wildman–Crippen LogP) is -1.03. The number of pyridine rings is 1. The van der Waals surface area contributed by atoms with Gasteiger partial charge in [-0.05, 0) is 19.1 Å². The topological polar surface area (TPSA) is 105 Å². The summed E-state index contributed by atoms with van der Waals surface area (Å²) >= 11 is 0. The number of nitrogens with zero attached hydrogens (tertiary/aromatic N) is 1. The van der Waals surface area contributed by atoms with E-state index in [9.17, 15) is 9.59 Å². The Kier molecular flexibility index (Phi) is 3.96. The largest absolute Gasteiger partial charge is 0.394 e. The molecule has 6 heteroatoms. The van der Waals surface area contributed by atoms with Crippen LogP contribution in [-0.2, 0) is 4.79 Å². The lowest BCUT2D eigenvalue weighted by Gasteiger charge is -2.12. The average molecular weight is 223 g/mol. The highest BCUT2D eigenvalue weighted by Gasteiger charge is 2.18. The number of aliphatic hydroxyl groups is 1. The fourth-order valence-electron chi connectivity index (χ4n) is 1.11. The minimum atomic E-state index is -1.09. The second-order valence-electron chi connectivity index (χ2n) is 3.28. The van der Waals surface area contributed by atoms with Crippen LogP contribution in [0.1, 0.15) is 16.2 Å². The van der Waals surface area contributed by atoms with Crippen molar-refractivity contribution >= 4 is 11.8 Å². The van der Waals surface area contributed by atoms with E-state index in [1.807, 2.05) is 0 Å². The zero-order valence-corrected chi connectivity index (χ0v) is 8.80. The van der Waals surface area contributed by atoms with E-state index in [1.165, 1.54) is 6.07 Å². The molecule has 16 heavy (non-hydrogen) atoms. The summed E-state index contributed by atoms with van der Waals surface area (Å²) in [7, 11) is 0. The molecule has 0 aromatic carbocycles. The maximum absolute atomic E-state index is 11.6. The Bertz CT molecular complexity index is 406. The van der Waals surface area contributed by atoms with Gasteiger partial charge in [0.15, 0.2) is 0 Å². The second kappa shape index (κ2) is 5.22. The number of primary amides is 1. The first-order chi connectivity index (χ1) is 7.54. The van der Waals surface area contributed by atoms with Crippen LogP contribution in [-0.4, -0.2) is 34.6 Å². The predicted molar refractivity (Wildman–Crippen MR) is 56.5 cm³/mol. The smallest absolute Gasteiger partial charge is 0.270 e. The third kappa shape index (κ3) is 3.03. The van der Waals surface area contributed by atoms with Gasteiger partial charge in [0.1, 0.15) is 11.7 Å². The summed E-state index contributed by atoms with van der Waals surface area (Å²) in [5.41, 5.74) is 5.84. The van der Waals surface area contributed by atoms with Crippen molar-refractivity contribution in [2.75, 3.05) is 6.61 Å². The molecule has 0 saturated carbocycles. The van der Waals surface area contributed by atoms with Crippen molar-refractivity contribution in [3.63, 3.8) is 0 Å². The van der Waals surface area contributed by atoms with Crippen LogP contribution in [0.4, 0.5) is 0 Å². The van der Waals surface area contributed by atoms with Crippen molar-refractivity contribution in [2.24, 2.45) is 5.73 Å². The monoisotopic (exact) mass is 223 g/mol. The van der Waals surface area contributed by atoms with Crippen LogP contribution >= 0.6 is 0 Å². The SMILES string of the molecule is Cc1cccc(C(=O)N[C@H](CO)C(N)=O)n1. The molecule has 0 aliphatic rings. The molecule has 0 fully saturated rings. The molecule has 6 nitrogen and oxygen atoms in total. The molecule has 1 rings (SSSR count). The Labute approximate surface area is 92.5 Å². The van der Waals surface area contributed by atoms with Crippen molar-refractivity contribution in [3.05, 3.63) is 29.6 Å². The third-order valence-corrected chi connectivity index (χ3v) is 1.95. The van der Waals surface area contributed by atoms with Crippen LogP contribution in [0.15, 0.2) is 18.2 Å². The van der Waals surface area contributed by atoms with Gasteiger partial charge in [-0.3, -0.25) is 9.59 Å². The van der Waals surface area contributed by atoms with Crippen LogP contribution in [0.2, 0.25) is 0 Å². The molecule has 0 aliphatic carbocycles. The summed E-state index contributed by atoms with van der Waals surface area (Å²) in [5.74, 6) is -1.33. The number of carbonyl (C=O) groups is 2. The summed E-state index contributed by atoms with van der Waals surface area (Å²) in [5, 5.41) is 11.1. The minimum Gasteiger partial charge on any atom is -0.394 e. The number of nitrogens with one attached hydrogen (secondary N) is 1. The minimum absolute atomic E-state index is 0.180. The normalized spacial score (nSPS) is 11.9. The number of carbonyl (C=O) groups excluding carboxylic acids is 2. The van der Waals surface area contributed by atoms with Gasteiger partial charge < -0.3 is 16.2 Å². The number of aryl methyl sites for hydroxylation is 1. The molecule has 1 heterocycles. The Morgan fingerprint density at radius 2 is 2.25 bits per heavy atom. The van der Waals surface area contributed by atoms with Gasteiger partial charge in [-0.25, -0.2) is 4.98 Å². The van der Waals surface area contributed by atoms with Gasteiger partial charge in [-0.2, -0.15) is 0 Å². The summed E-state index contributed by atoms with van der Waals surface area (Å²) in [4.78, 5) is 26.3. The Hall–Kier alpha value is -1.95. The van der Waals surface area contributed by atoms with E-state index in [1.54, 1.807) is 19.1 Å². The van der Waals surface area contributed by atoms with E-state index >= 15 is 0 Å². The molecule has 0 aliphatic heterocycles. The van der Waals surface area contributed by atoms with E-state index < -0.39 is 24.5 Å². The van der Waals surface area contributed by atoms with Gasteiger partial charge >= 0.3 is 0 Å². The molecule has 0 bridgehead atoms. The quantitative estimate of drug-likeness (QED) is 0.606. The molecule has 1 atom stereocenters. The van der Waals surface area contributed by atoms with E-state index in [0.717, 1.165) is 0 Å². The molecule has 1 aromatic rings. The summed E-state index contributed by atoms with van der Waals surface area (Å²) in [6.07, 6.45) is 0. The Morgan fingerprint density at radius 3 is 2.75 bits per heavy atom. The average Bonchev–Trinajstić information content (AvgIpc) is 2.25. The number of hydrogen-bond acceptors (Lipinski definition) is 4. The molecule has 0 unspecified atom stereocenters. The molecule has 2 amide bonds. The number of hydrogen-bond donors (Lipinski definition) is 3. The van der Waals surface area contributed by atoms with Crippen LogP contribution in [0, 0.1) is 6.92 Å². The number of rotatable bonds is 4. The molecule has 86 valence electrons. The van der Waals surface area contributed by atoms with Crippen LogP contribution in [0.3, 0.4) is 0 Å².